The highest BCUT2D eigenvalue weighted by molar-refractivity contribution is 6.14. The largest absolute Gasteiger partial charge is 0.465 e. The van der Waals surface area contributed by atoms with Gasteiger partial charge in [0.2, 0.25) is 0 Å². The summed E-state index contributed by atoms with van der Waals surface area (Å²) in [5, 5.41) is 7.49. The molecule has 0 radical (unpaired) electrons. The number of benzene rings is 1. The first-order valence-corrected chi connectivity index (χ1v) is 10.6. The number of rotatable bonds is 5. The molecule has 0 spiro atoms. The van der Waals surface area contributed by atoms with Gasteiger partial charge >= 0.3 is 5.97 Å². The number of methoxy groups -OCH3 is 1. The van der Waals surface area contributed by atoms with Crippen molar-refractivity contribution in [2.45, 2.75) is 19.8 Å². The van der Waals surface area contributed by atoms with Gasteiger partial charge in [-0.15, -0.1) is 0 Å². The number of anilines is 2. The monoisotopic (exact) mass is 446 g/mol. The minimum Gasteiger partial charge on any atom is -0.465 e. The minimum absolute atomic E-state index is 0.245. The van der Waals surface area contributed by atoms with Crippen LogP contribution in [0.25, 0.3) is 22.6 Å². The van der Waals surface area contributed by atoms with Crippen LogP contribution in [-0.4, -0.2) is 42.2 Å². The fourth-order valence-electron chi connectivity index (χ4n) is 4.13. The van der Waals surface area contributed by atoms with E-state index in [1.54, 1.807) is 37.3 Å². The van der Waals surface area contributed by atoms with Gasteiger partial charge in [-0.05, 0) is 56.2 Å². The van der Waals surface area contributed by atoms with Crippen LogP contribution in [0.15, 0.2) is 51.6 Å². The molecule has 4 heterocycles. The van der Waals surface area contributed by atoms with Crippen molar-refractivity contribution >= 4 is 34.4 Å². The Morgan fingerprint density at radius 1 is 1.15 bits per heavy atom. The summed E-state index contributed by atoms with van der Waals surface area (Å²) >= 11 is 0. The molecule has 33 heavy (non-hydrogen) atoms. The Morgan fingerprint density at radius 3 is 2.70 bits per heavy atom. The molecule has 1 aliphatic rings. The van der Waals surface area contributed by atoms with Crippen molar-refractivity contribution < 1.29 is 23.3 Å². The molecule has 0 saturated carbocycles. The quantitative estimate of drug-likeness (QED) is 0.448. The lowest BCUT2D eigenvalue weighted by molar-refractivity contribution is 0.0600. The Hall–Kier alpha value is -4.14. The summed E-state index contributed by atoms with van der Waals surface area (Å²) in [5.74, 6) is -0.339. The van der Waals surface area contributed by atoms with Gasteiger partial charge in [0.25, 0.3) is 11.6 Å². The van der Waals surface area contributed by atoms with Crippen LogP contribution in [0.5, 0.6) is 0 Å². The molecule has 0 atom stereocenters. The fraction of sp³-hybridized carbons (Fsp3) is 0.250. The molecule has 1 saturated heterocycles. The van der Waals surface area contributed by atoms with E-state index in [1.165, 1.54) is 13.4 Å². The number of carbonyl (C=O) groups excluding carboxylic acids is 2. The molecule has 5 rings (SSSR count). The van der Waals surface area contributed by atoms with E-state index in [2.05, 4.69) is 20.4 Å². The number of pyridine rings is 1. The van der Waals surface area contributed by atoms with Gasteiger partial charge in [0.15, 0.2) is 5.76 Å². The highest BCUT2D eigenvalue weighted by atomic mass is 16.5. The second-order valence-corrected chi connectivity index (χ2v) is 7.85. The van der Waals surface area contributed by atoms with Gasteiger partial charge in [0, 0.05) is 13.1 Å². The highest BCUT2D eigenvalue weighted by Gasteiger charge is 2.23. The smallest absolute Gasteiger partial charge is 0.337 e. The maximum Gasteiger partial charge on any atom is 0.337 e. The van der Waals surface area contributed by atoms with E-state index in [1.807, 2.05) is 6.07 Å². The first-order valence-electron chi connectivity index (χ1n) is 10.6. The lowest BCUT2D eigenvalue weighted by Crippen LogP contribution is -2.22. The zero-order valence-corrected chi connectivity index (χ0v) is 18.3. The van der Waals surface area contributed by atoms with Gasteiger partial charge in [0.1, 0.15) is 5.69 Å². The summed E-state index contributed by atoms with van der Waals surface area (Å²) in [6.45, 7) is 3.52. The Labute approximate surface area is 189 Å². The maximum absolute atomic E-state index is 13.5. The molecule has 1 amide bonds. The number of amides is 1. The lowest BCUT2D eigenvalue weighted by atomic mass is 10.1. The molecule has 0 bridgehead atoms. The summed E-state index contributed by atoms with van der Waals surface area (Å²) < 4.78 is 15.7. The Kier molecular flexibility index (Phi) is 5.29. The molecule has 1 N–H and O–H groups in total. The molecular formula is C24H22N4O5. The molecule has 168 valence electrons. The molecule has 9 nitrogen and oxygen atoms in total. The van der Waals surface area contributed by atoms with Gasteiger partial charge in [-0.2, -0.15) is 0 Å². The third-order valence-corrected chi connectivity index (χ3v) is 5.75. The second-order valence-electron chi connectivity index (χ2n) is 7.85. The first-order chi connectivity index (χ1) is 16.0. The lowest BCUT2D eigenvalue weighted by Gasteiger charge is -2.22. The molecular weight excluding hydrogens is 424 g/mol. The molecule has 9 heteroatoms. The molecule has 0 unspecified atom stereocenters. The number of nitrogens with one attached hydrogen (secondary N) is 1. The van der Waals surface area contributed by atoms with Crippen molar-refractivity contribution in [1.82, 2.24) is 10.1 Å². The van der Waals surface area contributed by atoms with Crippen molar-refractivity contribution in [3.8, 4) is 11.5 Å². The Morgan fingerprint density at radius 2 is 1.97 bits per heavy atom. The molecule has 1 fully saturated rings. The molecule has 4 aromatic rings. The first kappa shape index (κ1) is 20.7. The van der Waals surface area contributed by atoms with Crippen LogP contribution >= 0.6 is 0 Å². The van der Waals surface area contributed by atoms with E-state index in [4.69, 9.17) is 13.7 Å². The van der Waals surface area contributed by atoms with Crippen LogP contribution in [0.3, 0.4) is 0 Å². The van der Waals surface area contributed by atoms with Crippen LogP contribution < -0.4 is 10.2 Å². The predicted octanol–water partition coefficient (Wildman–Crippen LogP) is 4.43. The van der Waals surface area contributed by atoms with Gasteiger partial charge in [-0.25, -0.2) is 9.78 Å². The van der Waals surface area contributed by atoms with Crippen LogP contribution in [-0.2, 0) is 4.74 Å². The van der Waals surface area contributed by atoms with Crippen molar-refractivity contribution in [2.24, 2.45) is 0 Å². The molecule has 1 aromatic carbocycles. The highest BCUT2D eigenvalue weighted by Crippen LogP contribution is 2.32. The zero-order chi connectivity index (χ0) is 22.9. The third kappa shape index (κ3) is 3.82. The van der Waals surface area contributed by atoms with Crippen molar-refractivity contribution in [1.29, 1.82) is 0 Å². The van der Waals surface area contributed by atoms with Gasteiger partial charge in [-0.3, -0.25) is 4.79 Å². The van der Waals surface area contributed by atoms with E-state index in [9.17, 15) is 9.59 Å². The number of hydrogen-bond donors (Lipinski definition) is 1. The number of hydrogen-bond acceptors (Lipinski definition) is 8. The summed E-state index contributed by atoms with van der Waals surface area (Å²) in [6.07, 6.45) is 3.68. The number of ether oxygens (including phenoxy) is 1. The van der Waals surface area contributed by atoms with Crippen LogP contribution in [0.1, 0.15) is 39.3 Å². The van der Waals surface area contributed by atoms with E-state index >= 15 is 0 Å². The molecule has 0 aliphatic carbocycles. The van der Waals surface area contributed by atoms with Crippen LogP contribution in [0, 0.1) is 6.92 Å². The zero-order valence-electron chi connectivity index (χ0n) is 18.3. The van der Waals surface area contributed by atoms with Crippen LogP contribution in [0.2, 0.25) is 0 Å². The second kappa shape index (κ2) is 8.42. The number of aromatic nitrogens is 2. The van der Waals surface area contributed by atoms with Gasteiger partial charge < -0.3 is 23.9 Å². The van der Waals surface area contributed by atoms with Crippen molar-refractivity contribution in [3.63, 3.8) is 0 Å². The van der Waals surface area contributed by atoms with Gasteiger partial charge in [0.05, 0.1) is 47.0 Å². The summed E-state index contributed by atoms with van der Waals surface area (Å²) in [7, 11) is 1.33. The van der Waals surface area contributed by atoms with E-state index in [0.29, 0.717) is 39.3 Å². The van der Waals surface area contributed by atoms with E-state index in [-0.39, 0.29) is 11.6 Å². The number of esters is 1. The number of furan rings is 1. The van der Waals surface area contributed by atoms with E-state index < -0.39 is 5.97 Å². The number of nitrogens with zero attached hydrogens (tertiary/aromatic N) is 3. The minimum atomic E-state index is -0.472. The summed E-state index contributed by atoms with van der Waals surface area (Å²) in [5.41, 5.74) is 3.34. The molecule has 3 aromatic heterocycles. The van der Waals surface area contributed by atoms with Gasteiger partial charge in [-0.1, -0.05) is 5.16 Å². The Bertz CT molecular complexity index is 1340. The third-order valence-electron chi connectivity index (χ3n) is 5.75. The predicted molar refractivity (Wildman–Crippen MR) is 121 cm³/mol. The number of aryl methyl sites for hydroxylation is 1. The van der Waals surface area contributed by atoms with Crippen molar-refractivity contribution in [2.75, 3.05) is 30.4 Å². The van der Waals surface area contributed by atoms with Crippen LogP contribution in [0.4, 0.5) is 11.4 Å². The normalized spacial score (nSPS) is 13.5. The van der Waals surface area contributed by atoms with E-state index in [0.717, 1.165) is 31.6 Å². The topological polar surface area (TPSA) is 111 Å². The molecule has 1 aliphatic heterocycles. The standard InChI is InChI=1S/C24H22N4O5/c1-14-21-16(13-18(20-6-5-11-32-20)26-23(21)33-27-14)22(29)25-17-12-15(24(30)31-2)7-8-19(17)28-9-3-4-10-28/h5-8,11-13H,3-4,9-10H2,1-2H3,(H,25,29). The fourth-order valence-corrected chi connectivity index (χ4v) is 4.13. The average molecular weight is 446 g/mol. The van der Waals surface area contributed by atoms with Crippen molar-refractivity contribution in [3.05, 3.63) is 59.5 Å². The average Bonchev–Trinajstić information content (AvgIpc) is 3.60. The SMILES string of the molecule is COC(=O)c1ccc(N2CCCC2)c(NC(=O)c2cc(-c3ccco3)nc3onc(C)c23)c1. The number of carbonyl (C=O) groups is 2. The summed E-state index contributed by atoms with van der Waals surface area (Å²) in [6, 6.07) is 10.3. The number of fused-ring (bicyclic) bond motifs is 1. The maximum atomic E-state index is 13.5. The Balaban J connectivity index is 1.58. The summed E-state index contributed by atoms with van der Waals surface area (Å²) in [4.78, 5) is 32.3.